The van der Waals surface area contributed by atoms with Gasteiger partial charge in [-0.25, -0.2) is 4.79 Å². The zero-order valence-electron chi connectivity index (χ0n) is 8.91. The van der Waals surface area contributed by atoms with Crippen molar-refractivity contribution in [3.63, 3.8) is 0 Å². The van der Waals surface area contributed by atoms with Gasteiger partial charge in [-0.15, -0.1) is 0 Å². The van der Waals surface area contributed by atoms with Crippen molar-refractivity contribution in [1.29, 1.82) is 0 Å². The summed E-state index contributed by atoms with van der Waals surface area (Å²) < 4.78 is 1.45. The maximum Gasteiger partial charge on any atom is 0.335 e. The highest BCUT2D eigenvalue weighted by Crippen LogP contribution is 2.00. The number of hydrogen-bond acceptors (Lipinski definition) is 3. The Morgan fingerprint density at radius 3 is 2.59 bits per heavy atom. The van der Waals surface area contributed by atoms with Crippen molar-refractivity contribution >= 4 is 5.97 Å². The molecule has 0 radical (unpaired) electrons. The summed E-state index contributed by atoms with van der Waals surface area (Å²) in [5.74, 6) is -1.10. The summed E-state index contributed by atoms with van der Waals surface area (Å²) in [5, 5.41) is 8.73. The Balaban J connectivity index is 2.29. The minimum Gasteiger partial charge on any atom is -0.478 e. The summed E-state index contributed by atoms with van der Waals surface area (Å²) in [6, 6.07) is 6.13. The Morgan fingerprint density at radius 1 is 1.29 bits per heavy atom. The van der Waals surface area contributed by atoms with Crippen molar-refractivity contribution in [2.45, 2.75) is 6.54 Å². The van der Waals surface area contributed by atoms with E-state index in [1.807, 2.05) is 0 Å². The van der Waals surface area contributed by atoms with Crippen LogP contribution in [0.5, 0.6) is 0 Å². The van der Waals surface area contributed by atoms with Crippen LogP contribution >= 0.6 is 0 Å². The lowest BCUT2D eigenvalue weighted by molar-refractivity contribution is 0.0696. The fraction of sp³-hybridized carbons (Fsp3) is 0.0833. The van der Waals surface area contributed by atoms with Crippen molar-refractivity contribution in [1.82, 2.24) is 9.55 Å². The molecule has 2 aromatic rings. The van der Waals surface area contributed by atoms with Crippen LogP contribution in [0.15, 0.2) is 47.7 Å². The highest BCUT2D eigenvalue weighted by molar-refractivity contribution is 5.87. The molecule has 0 amide bonds. The third-order valence-electron chi connectivity index (χ3n) is 2.35. The Kier molecular flexibility index (Phi) is 3.00. The first-order valence-corrected chi connectivity index (χ1v) is 4.99. The predicted octanol–water partition coefficient (Wildman–Crippen LogP) is 0.990. The fourth-order valence-electron chi connectivity index (χ4n) is 1.46. The number of aromatic nitrogens is 2. The topological polar surface area (TPSA) is 72.2 Å². The van der Waals surface area contributed by atoms with Gasteiger partial charge in [-0.05, 0) is 23.8 Å². The molecule has 5 nitrogen and oxygen atoms in total. The van der Waals surface area contributed by atoms with Gasteiger partial charge in [0.25, 0.3) is 5.56 Å². The molecule has 0 atom stereocenters. The second kappa shape index (κ2) is 4.61. The number of pyridine rings is 2. The monoisotopic (exact) mass is 230 g/mol. The standard InChI is InChI=1S/C12H10N2O3/c15-11-7-10(12(16)17)3-6-14(11)8-9-1-4-13-5-2-9/h1-7H,8H2,(H,16,17). The van der Waals surface area contributed by atoms with E-state index in [-0.39, 0.29) is 11.1 Å². The highest BCUT2D eigenvalue weighted by Gasteiger charge is 2.05. The molecule has 5 heteroatoms. The summed E-state index contributed by atoms with van der Waals surface area (Å²) in [5.41, 5.74) is 0.605. The quantitative estimate of drug-likeness (QED) is 0.853. The number of carboxylic acids is 1. The van der Waals surface area contributed by atoms with Gasteiger partial charge in [0.05, 0.1) is 12.1 Å². The first-order valence-electron chi connectivity index (χ1n) is 4.99. The van der Waals surface area contributed by atoms with E-state index < -0.39 is 5.97 Å². The first-order chi connectivity index (χ1) is 8.16. The Bertz CT molecular complexity index is 590. The number of carbonyl (C=O) groups is 1. The van der Waals surface area contributed by atoms with Crippen molar-refractivity contribution in [2.24, 2.45) is 0 Å². The van der Waals surface area contributed by atoms with Crippen molar-refractivity contribution < 1.29 is 9.90 Å². The lowest BCUT2D eigenvalue weighted by atomic mass is 10.2. The van der Waals surface area contributed by atoms with Crippen LogP contribution in [0.25, 0.3) is 0 Å². The average molecular weight is 230 g/mol. The molecule has 0 saturated heterocycles. The van der Waals surface area contributed by atoms with Gasteiger partial charge in [-0.3, -0.25) is 9.78 Å². The number of carboxylic acid groups (broad SMARTS) is 1. The lowest BCUT2D eigenvalue weighted by Crippen LogP contribution is -2.20. The van der Waals surface area contributed by atoms with Gasteiger partial charge in [-0.1, -0.05) is 0 Å². The summed E-state index contributed by atoms with van der Waals surface area (Å²) in [7, 11) is 0. The smallest absolute Gasteiger partial charge is 0.335 e. The first kappa shape index (κ1) is 11.1. The number of rotatable bonds is 3. The maximum absolute atomic E-state index is 11.6. The minimum absolute atomic E-state index is 0.000906. The van der Waals surface area contributed by atoms with E-state index in [2.05, 4.69) is 4.98 Å². The second-order valence-corrected chi connectivity index (χ2v) is 3.54. The maximum atomic E-state index is 11.6. The zero-order chi connectivity index (χ0) is 12.3. The van der Waals surface area contributed by atoms with Crippen LogP contribution in [0.4, 0.5) is 0 Å². The van der Waals surface area contributed by atoms with Crippen LogP contribution in [0, 0.1) is 0 Å². The number of nitrogens with zero attached hydrogens (tertiary/aromatic N) is 2. The van der Waals surface area contributed by atoms with Gasteiger partial charge < -0.3 is 9.67 Å². The van der Waals surface area contributed by atoms with Crippen molar-refractivity contribution in [2.75, 3.05) is 0 Å². The third kappa shape index (κ3) is 2.57. The molecule has 0 aliphatic carbocycles. The molecule has 86 valence electrons. The SMILES string of the molecule is O=C(O)c1ccn(Cc2ccncc2)c(=O)c1. The second-order valence-electron chi connectivity index (χ2n) is 3.54. The molecule has 0 bridgehead atoms. The predicted molar refractivity (Wildman–Crippen MR) is 61.0 cm³/mol. The van der Waals surface area contributed by atoms with Gasteiger partial charge in [0.1, 0.15) is 0 Å². The Labute approximate surface area is 97.0 Å². The van der Waals surface area contributed by atoms with Gasteiger partial charge in [0.2, 0.25) is 0 Å². The van der Waals surface area contributed by atoms with Gasteiger partial charge in [0, 0.05) is 24.7 Å². The fourth-order valence-corrected chi connectivity index (χ4v) is 1.46. The van der Waals surface area contributed by atoms with Gasteiger partial charge in [0.15, 0.2) is 0 Å². The van der Waals surface area contributed by atoms with Crippen LogP contribution < -0.4 is 5.56 Å². The molecule has 2 aromatic heterocycles. The van der Waals surface area contributed by atoms with Gasteiger partial charge >= 0.3 is 5.97 Å². The van der Waals surface area contributed by atoms with Crippen LogP contribution in [0.3, 0.4) is 0 Å². The average Bonchev–Trinajstić information content (AvgIpc) is 2.33. The number of aromatic carboxylic acids is 1. The van der Waals surface area contributed by atoms with E-state index in [0.29, 0.717) is 6.54 Å². The summed E-state index contributed by atoms with van der Waals surface area (Å²) in [6.45, 7) is 0.404. The van der Waals surface area contributed by atoms with E-state index in [1.54, 1.807) is 24.5 Å². The van der Waals surface area contributed by atoms with E-state index in [4.69, 9.17) is 5.11 Å². The molecule has 0 aliphatic heterocycles. The zero-order valence-corrected chi connectivity index (χ0v) is 8.91. The molecule has 0 saturated carbocycles. The van der Waals surface area contributed by atoms with Crippen molar-refractivity contribution in [3.05, 3.63) is 64.3 Å². The summed E-state index contributed by atoms with van der Waals surface area (Å²) in [6.07, 6.45) is 4.77. The largest absolute Gasteiger partial charge is 0.478 e. The van der Waals surface area contributed by atoms with Crippen molar-refractivity contribution in [3.8, 4) is 0 Å². The molecular formula is C12H10N2O3. The number of hydrogen-bond donors (Lipinski definition) is 1. The van der Waals surface area contributed by atoms with Crippen LogP contribution in [0.2, 0.25) is 0 Å². The molecule has 2 rings (SSSR count). The van der Waals surface area contributed by atoms with Gasteiger partial charge in [-0.2, -0.15) is 0 Å². The highest BCUT2D eigenvalue weighted by atomic mass is 16.4. The minimum atomic E-state index is -1.10. The molecule has 0 unspecified atom stereocenters. The molecule has 0 aliphatic rings. The molecule has 1 N–H and O–H groups in total. The van der Waals surface area contributed by atoms with E-state index in [9.17, 15) is 9.59 Å². The lowest BCUT2D eigenvalue weighted by Gasteiger charge is -2.05. The Hall–Kier alpha value is -2.43. The molecular weight excluding hydrogens is 220 g/mol. The molecule has 0 spiro atoms. The van der Waals surface area contributed by atoms with Crippen LogP contribution in [0.1, 0.15) is 15.9 Å². The molecule has 0 fully saturated rings. The molecule has 0 aromatic carbocycles. The van der Waals surface area contributed by atoms with E-state index in [1.165, 1.54) is 16.8 Å². The third-order valence-corrected chi connectivity index (χ3v) is 2.35. The van der Waals surface area contributed by atoms with Crippen LogP contribution in [-0.2, 0) is 6.54 Å². The van der Waals surface area contributed by atoms with Crippen LogP contribution in [-0.4, -0.2) is 20.6 Å². The normalized spacial score (nSPS) is 10.1. The summed E-state index contributed by atoms with van der Waals surface area (Å²) in [4.78, 5) is 26.2. The summed E-state index contributed by atoms with van der Waals surface area (Å²) >= 11 is 0. The van der Waals surface area contributed by atoms with E-state index in [0.717, 1.165) is 11.6 Å². The Morgan fingerprint density at radius 2 is 2.00 bits per heavy atom. The van der Waals surface area contributed by atoms with E-state index >= 15 is 0 Å². The molecule has 17 heavy (non-hydrogen) atoms. The molecule has 2 heterocycles.